The molecule has 0 saturated carbocycles. The molecule has 4 N–H and O–H groups in total. The van der Waals surface area contributed by atoms with E-state index in [4.69, 9.17) is 5.73 Å². The van der Waals surface area contributed by atoms with Crippen molar-refractivity contribution in [2.75, 3.05) is 12.0 Å². The number of carbonyl (C=O) groups is 1. The zero-order valence-electron chi connectivity index (χ0n) is 13.1. The molecule has 0 radical (unpaired) electrons. The van der Waals surface area contributed by atoms with Gasteiger partial charge in [-0.3, -0.25) is 4.79 Å². The number of rotatable bonds is 6. The fourth-order valence-electron chi connectivity index (χ4n) is 2.48. The molecule has 0 aliphatic rings. The number of carbonyl (C=O) groups excluding carboxylic acids is 1. The summed E-state index contributed by atoms with van der Waals surface area (Å²) in [5, 5.41) is 3.68. The van der Waals surface area contributed by atoms with Gasteiger partial charge in [-0.1, -0.05) is 18.2 Å². The molecule has 8 heteroatoms. The van der Waals surface area contributed by atoms with E-state index in [-0.39, 0.29) is 24.1 Å². The number of H-pyrrole nitrogens is 1. The fourth-order valence-corrected chi connectivity index (χ4v) is 3.47. The van der Waals surface area contributed by atoms with Crippen molar-refractivity contribution in [3.8, 4) is 0 Å². The van der Waals surface area contributed by atoms with Gasteiger partial charge in [0.25, 0.3) is 0 Å². The summed E-state index contributed by atoms with van der Waals surface area (Å²) in [4.78, 5) is 15.2. The maximum Gasteiger partial charge on any atom is 0.237 e. The van der Waals surface area contributed by atoms with Crippen molar-refractivity contribution in [1.82, 2.24) is 10.3 Å². The van der Waals surface area contributed by atoms with E-state index in [2.05, 4.69) is 10.3 Å². The van der Waals surface area contributed by atoms with Crippen molar-refractivity contribution in [2.24, 2.45) is 5.73 Å². The lowest BCUT2D eigenvalue weighted by Gasteiger charge is -2.16. The van der Waals surface area contributed by atoms with Crippen LogP contribution < -0.4 is 11.1 Å². The Labute approximate surface area is 142 Å². The highest BCUT2D eigenvalue weighted by atomic mass is 35.5. The van der Waals surface area contributed by atoms with Gasteiger partial charge in [-0.2, -0.15) is 0 Å². The summed E-state index contributed by atoms with van der Waals surface area (Å²) < 4.78 is 22.4. The lowest BCUT2D eigenvalue weighted by Crippen LogP contribution is -2.47. The maximum atomic E-state index is 12.1. The molecule has 0 aliphatic carbocycles. The van der Waals surface area contributed by atoms with Gasteiger partial charge in [0, 0.05) is 29.4 Å². The number of aromatic amines is 1. The van der Waals surface area contributed by atoms with Crippen molar-refractivity contribution >= 4 is 39.1 Å². The summed E-state index contributed by atoms with van der Waals surface area (Å²) in [6, 6.07) is 6.61. The smallest absolute Gasteiger partial charge is 0.237 e. The number of sulfone groups is 1. The number of benzene rings is 1. The number of para-hydroxylation sites is 1. The lowest BCUT2D eigenvalue weighted by atomic mass is 10.0. The Morgan fingerprint density at radius 2 is 2.00 bits per heavy atom. The van der Waals surface area contributed by atoms with Crippen molar-refractivity contribution in [3.63, 3.8) is 0 Å². The Morgan fingerprint density at radius 1 is 1.35 bits per heavy atom. The van der Waals surface area contributed by atoms with Crippen LogP contribution in [0.2, 0.25) is 0 Å². The number of amides is 1. The molecule has 1 amide bonds. The van der Waals surface area contributed by atoms with Gasteiger partial charge in [0.1, 0.15) is 9.84 Å². The average Bonchev–Trinajstić information content (AvgIpc) is 2.80. The van der Waals surface area contributed by atoms with E-state index in [0.717, 1.165) is 22.7 Å². The van der Waals surface area contributed by atoms with Crippen LogP contribution in [0.3, 0.4) is 0 Å². The number of halogens is 1. The summed E-state index contributed by atoms with van der Waals surface area (Å²) in [6.45, 7) is 1.65. The second-order valence-corrected chi connectivity index (χ2v) is 7.86. The van der Waals surface area contributed by atoms with Gasteiger partial charge in [0.05, 0.1) is 11.8 Å². The molecular formula is C15H22ClN3O3S. The van der Waals surface area contributed by atoms with Crippen LogP contribution in [-0.2, 0) is 21.1 Å². The summed E-state index contributed by atoms with van der Waals surface area (Å²) in [5.74, 6) is -0.445. The number of fused-ring (bicyclic) bond motifs is 1. The molecule has 128 valence electrons. The molecule has 2 aromatic rings. The van der Waals surface area contributed by atoms with Crippen molar-refractivity contribution in [2.45, 2.75) is 25.4 Å². The van der Waals surface area contributed by atoms with Crippen LogP contribution in [-0.4, -0.2) is 43.4 Å². The summed E-state index contributed by atoms with van der Waals surface area (Å²) in [7, 11) is -3.13. The molecule has 2 atom stereocenters. The van der Waals surface area contributed by atoms with E-state index >= 15 is 0 Å². The topological polar surface area (TPSA) is 105 Å². The summed E-state index contributed by atoms with van der Waals surface area (Å²) in [6.07, 6.45) is 3.38. The van der Waals surface area contributed by atoms with E-state index in [1.807, 2.05) is 30.5 Å². The number of nitrogens with two attached hydrogens (primary N) is 1. The van der Waals surface area contributed by atoms with Crippen LogP contribution >= 0.6 is 12.4 Å². The van der Waals surface area contributed by atoms with Crippen LogP contribution in [0.15, 0.2) is 30.5 Å². The molecule has 0 bridgehead atoms. The highest BCUT2D eigenvalue weighted by Gasteiger charge is 2.19. The quantitative estimate of drug-likeness (QED) is 0.715. The molecule has 0 aliphatic heterocycles. The first kappa shape index (κ1) is 19.5. The third-order valence-electron chi connectivity index (χ3n) is 3.39. The van der Waals surface area contributed by atoms with Crippen LogP contribution in [0, 0.1) is 0 Å². The normalized spacial score (nSPS) is 14.0. The van der Waals surface area contributed by atoms with Gasteiger partial charge in [-0.15, -0.1) is 12.4 Å². The Hall–Kier alpha value is -1.57. The Kier molecular flexibility index (Phi) is 6.61. The third-order valence-corrected chi connectivity index (χ3v) is 4.50. The summed E-state index contributed by atoms with van der Waals surface area (Å²) in [5.41, 5.74) is 7.90. The minimum atomic E-state index is -3.13. The highest BCUT2D eigenvalue weighted by molar-refractivity contribution is 7.90. The fraction of sp³-hybridized carbons (Fsp3) is 0.400. The molecule has 1 aromatic heterocycles. The van der Waals surface area contributed by atoms with Gasteiger partial charge in [0.2, 0.25) is 5.91 Å². The standard InChI is InChI=1S/C15H21N3O3S.ClH/c1-10(9-22(2,20)21)18-15(19)13(16)7-11-8-17-14-6-4-3-5-12(11)14;/h3-6,8,10,13,17H,7,9,16H2,1-2H3,(H,18,19);1H/t10?,13-;/m0./s1. The third kappa shape index (κ3) is 5.53. The predicted octanol–water partition coefficient (Wildman–Crippen LogP) is 1.01. The first-order valence-corrected chi connectivity index (χ1v) is 9.11. The van der Waals surface area contributed by atoms with Gasteiger partial charge in [0.15, 0.2) is 0 Å². The molecular weight excluding hydrogens is 338 g/mol. The van der Waals surface area contributed by atoms with E-state index in [9.17, 15) is 13.2 Å². The second kappa shape index (κ2) is 7.81. The number of hydrogen-bond donors (Lipinski definition) is 3. The van der Waals surface area contributed by atoms with Gasteiger partial charge >= 0.3 is 0 Å². The van der Waals surface area contributed by atoms with Gasteiger partial charge < -0.3 is 16.0 Å². The van der Waals surface area contributed by atoms with Crippen molar-refractivity contribution in [3.05, 3.63) is 36.0 Å². The van der Waals surface area contributed by atoms with Crippen LogP contribution in [0.4, 0.5) is 0 Å². The largest absolute Gasteiger partial charge is 0.361 e. The second-order valence-electron chi connectivity index (χ2n) is 5.67. The molecule has 23 heavy (non-hydrogen) atoms. The molecule has 6 nitrogen and oxygen atoms in total. The SMILES string of the molecule is CC(CS(C)(=O)=O)NC(=O)[C@@H](N)Cc1c[nH]c2ccccc12.Cl. The number of hydrogen-bond acceptors (Lipinski definition) is 4. The number of nitrogens with one attached hydrogen (secondary N) is 2. The van der Waals surface area contributed by atoms with Crippen LogP contribution in [0.1, 0.15) is 12.5 Å². The number of aromatic nitrogens is 1. The van der Waals surface area contributed by atoms with E-state index in [0.29, 0.717) is 6.42 Å². The monoisotopic (exact) mass is 359 g/mol. The van der Waals surface area contributed by atoms with Crippen LogP contribution in [0.25, 0.3) is 10.9 Å². The van der Waals surface area contributed by atoms with Gasteiger partial charge in [-0.25, -0.2) is 8.42 Å². The average molecular weight is 360 g/mol. The first-order chi connectivity index (χ1) is 10.3. The lowest BCUT2D eigenvalue weighted by molar-refractivity contribution is -0.122. The highest BCUT2D eigenvalue weighted by Crippen LogP contribution is 2.18. The summed E-state index contributed by atoms with van der Waals surface area (Å²) >= 11 is 0. The van der Waals surface area contributed by atoms with E-state index in [1.54, 1.807) is 6.92 Å². The van der Waals surface area contributed by atoms with E-state index < -0.39 is 21.9 Å². The minimum absolute atomic E-state index is 0. The molecule has 0 spiro atoms. The molecule has 1 unspecified atom stereocenters. The van der Waals surface area contributed by atoms with Gasteiger partial charge in [-0.05, 0) is 25.0 Å². The Morgan fingerprint density at radius 3 is 2.65 bits per heavy atom. The minimum Gasteiger partial charge on any atom is -0.361 e. The molecule has 0 fully saturated rings. The molecule has 0 saturated heterocycles. The zero-order chi connectivity index (χ0) is 16.3. The maximum absolute atomic E-state index is 12.1. The zero-order valence-corrected chi connectivity index (χ0v) is 14.7. The molecule has 1 heterocycles. The Bertz CT molecular complexity index is 773. The van der Waals surface area contributed by atoms with Crippen molar-refractivity contribution < 1.29 is 13.2 Å². The first-order valence-electron chi connectivity index (χ1n) is 7.05. The van der Waals surface area contributed by atoms with Crippen molar-refractivity contribution in [1.29, 1.82) is 0 Å². The predicted molar refractivity (Wildman–Crippen MR) is 94.5 cm³/mol. The van der Waals surface area contributed by atoms with Crippen LogP contribution in [0.5, 0.6) is 0 Å². The molecule has 1 aromatic carbocycles. The van der Waals surface area contributed by atoms with E-state index in [1.165, 1.54) is 0 Å². The molecule has 2 rings (SSSR count). The Balaban J connectivity index is 0.00000264.